The Balaban J connectivity index is 1.49. The van der Waals surface area contributed by atoms with E-state index in [-0.39, 0.29) is 5.63 Å². The van der Waals surface area contributed by atoms with Crippen LogP contribution in [0, 0.1) is 6.92 Å². The molecule has 5 aromatic rings. The Morgan fingerprint density at radius 3 is 2.72 bits per heavy atom. The third kappa shape index (κ3) is 3.43. The van der Waals surface area contributed by atoms with Crippen molar-refractivity contribution < 1.29 is 4.42 Å². The lowest BCUT2D eigenvalue weighted by Gasteiger charge is -2.07. The number of benzene rings is 3. The lowest BCUT2D eigenvalue weighted by molar-refractivity contribution is 0.560. The molecule has 6 heteroatoms. The zero-order valence-electron chi connectivity index (χ0n) is 15.7. The van der Waals surface area contributed by atoms with E-state index < -0.39 is 0 Å². The van der Waals surface area contributed by atoms with Gasteiger partial charge in [-0.05, 0) is 29.3 Å². The maximum Gasteiger partial charge on any atom is 0.336 e. The number of aromatic nitrogens is 3. The SMILES string of the molecule is Cc1ccc(-c2nc(SCc3cc(=O)oc4ccc5ccccc5c34)n[nH]2)cc1. The van der Waals surface area contributed by atoms with Crippen molar-refractivity contribution in [1.82, 2.24) is 15.2 Å². The van der Waals surface area contributed by atoms with E-state index in [1.807, 2.05) is 54.6 Å². The number of aromatic amines is 1. The molecule has 0 radical (unpaired) electrons. The van der Waals surface area contributed by atoms with Gasteiger partial charge >= 0.3 is 5.63 Å². The number of hydrogen-bond acceptors (Lipinski definition) is 5. The molecular weight excluding hydrogens is 382 g/mol. The van der Waals surface area contributed by atoms with Crippen molar-refractivity contribution >= 4 is 33.5 Å². The van der Waals surface area contributed by atoms with Crippen LogP contribution in [0.1, 0.15) is 11.1 Å². The number of rotatable bonds is 4. The highest BCUT2D eigenvalue weighted by Crippen LogP contribution is 2.31. The average molecular weight is 399 g/mol. The molecule has 2 aromatic heterocycles. The maximum atomic E-state index is 12.1. The molecule has 0 saturated carbocycles. The van der Waals surface area contributed by atoms with E-state index in [1.165, 1.54) is 17.3 Å². The van der Waals surface area contributed by atoms with Gasteiger partial charge in [-0.25, -0.2) is 9.78 Å². The van der Waals surface area contributed by atoms with Crippen LogP contribution in [-0.2, 0) is 5.75 Å². The van der Waals surface area contributed by atoms with Crippen molar-refractivity contribution in [2.45, 2.75) is 17.8 Å². The second kappa shape index (κ2) is 7.22. The molecule has 0 bridgehead atoms. The Labute approximate surface area is 170 Å². The Morgan fingerprint density at radius 1 is 1.03 bits per heavy atom. The molecule has 0 aliphatic heterocycles. The van der Waals surface area contributed by atoms with Crippen LogP contribution in [0.3, 0.4) is 0 Å². The molecule has 0 amide bonds. The molecule has 0 saturated heterocycles. The number of fused-ring (bicyclic) bond motifs is 3. The molecule has 0 aliphatic carbocycles. The minimum absolute atomic E-state index is 0.348. The smallest absolute Gasteiger partial charge is 0.336 e. The second-order valence-corrected chi connectivity index (χ2v) is 7.81. The lowest BCUT2D eigenvalue weighted by atomic mass is 10.0. The zero-order valence-corrected chi connectivity index (χ0v) is 16.5. The zero-order chi connectivity index (χ0) is 19.8. The molecule has 0 atom stereocenters. The van der Waals surface area contributed by atoms with Crippen molar-refractivity contribution in [3.8, 4) is 11.4 Å². The van der Waals surface area contributed by atoms with Gasteiger partial charge in [0.1, 0.15) is 5.58 Å². The molecular formula is C23H17N3O2S. The van der Waals surface area contributed by atoms with Crippen molar-refractivity contribution in [1.29, 1.82) is 0 Å². The number of H-pyrrole nitrogens is 1. The number of aryl methyl sites for hydroxylation is 1. The monoisotopic (exact) mass is 399 g/mol. The van der Waals surface area contributed by atoms with Crippen molar-refractivity contribution in [3.63, 3.8) is 0 Å². The van der Waals surface area contributed by atoms with Crippen molar-refractivity contribution in [3.05, 3.63) is 88.3 Å². The van der Waals surface area contributed by atoms with Crippen LogP contribution < -0.4 is 5.63 Å². The molecule has 3 aromatic carbocycles. The van der Waals surface area contributed by atoms with Gasteiger partial charge in [0, 0.05) is 22.8 Å². The molecule has 0 spiro atoms. The summed E-state index contributed by atoms with van der Waals surface area (Å²) in [6.07, 6.45) is 0. The largest absolute Gasteiger partial charge is 0.423 e. The fraction of sp³-hybridized carbons (Fsp3) is 0.0870. The summed E-state index contributed by atoms with van der Waals surface area (Å²) >= 11 is 1.49. The maximum absolute atomic E-state index is 12.1. The first-order valence-corrected chi connectivity index (χ1v) is 10.2. The summed E-state index contributed by atoms with van der Waals surface area (Å²) in [5, 5.41) is 11.1. The molecule has 2 heterocycles. The Kier molecular flexibility index (Phi) is 4.41. The van der Waals surface area contributed by atoms with Gasteiger partial charge in [0.25, 0.3) is 0 Å². The Hall–Kier alpha value is -3.38. The topological polar surface area (TPSA) is 71.8 Å². The third-order valence-electron chi connectivity index (χ3n) is 4.86. The van der Waals surface area contributed by atoms with Gasteiger partial charge < -0.3 is 4.42 Å². The summed E-state index contributed by atoms with van der Waals surface area (Å²) in [6.45, 7) is 2.05. The number of nitrogens with one attached hydrogen (secondary N) is 1. The number of hydrogen-bond donors (Lipinski definition) is 1. The van der Waals surface area contributed by atoms with Crippen molar-refractivity contribution in [2.24, 2.45) is 0 Å². The molecule has 0 unspecified atom stereocenters. The van der Waals surface area contributed by atoms with Crippen molar-refractivity contribution in [2.75, 3.05) is 0 Å². The average Bonchev–Trinajstić information content (AvgIpc) is 3.21. The number of nitrogens with zero attached hydrogens (tertiary/aromatic N) is 2. The predicted octanol–water partition coefficient (Wildman–Crippen LogP) is 5.33. The minimum atomic E-state index is -0.348. The first kappa shape index (κ1) is 17.7. The van der Waals surface area contributed by atoms with E-state index in [1.54, 1.807) is 6.07 Å². The summed E-state index contributed by atoms with van der Waals surface area (Å²) in [6, 6.07) is 21.6. The highest BCUT2D eigenvalue weighted by atomic mass is 32.2. The van der Waals surface area contributed by atoms with Crippen LogP contribution in [0.5, 0.6) is 0 Å². The van der Waals surface area contributed by atoms with Crippen LogP contribution in [0.15, 0.2) is 81.1 Å². The van der Waals surface area contributed by atoms with Gasteiger partial charge in [0.15, 0.2) is 5.82 Å². The first-order chi connectivity index (χ1) is 14.2. The molecule has 5 rings (SSSR count). The van der Waals surface area contributed by atoms with Crippen LogP contribution in [-0.4, -0.2) is 15.2 Å². The van der Waals surface area contributed by atoms with Gasteiger partial charge in [-0.15, -0.1) is 5.10 Å². The molecule has 5 nitrogen and oxygen atoms in total. The quantitative estimate of drug-likeness (QED) is 0.251. The first-order valence-electron chi connectivity index (χ1n) is 9.24. The van der Waals surface area contributed by atoms with E-state index in [4.69, 9.17) is 4.42 Å². The highest BCUT2D eigenvalue weighted by molar-refractivity contribution is 7.98. The summed E-state index contributed by atoms with van der Waals surface area (Å²) in [5.74, 6) is 1.30. The fourth-order valence-corrected chi connectivity index (χ4v) is 4.21. The normalized spacial score (nSPS) is 11.3. The summed E-state index contributed by atoms with van der Waals surface area (Å²) in [4.78, 5) is 16.6. The van der Waals surface area contributed by atoms with E-state index >= 15 is 0 Å². The van der Waals surface area contributed by atoms with Gasteiger partial charge in [0.05, 0.1) is 0 Å². The van der Waals surface area contributed by atoms with Crippen LogP contribution in [0.25, 0.3) is 33.1 Å². The van der Waals surface area contributed by atoms with Crippen LogP contribution in [0.2, 0.25) is 0 Å². The van der Waals surface area contributed by atoms with E-state index in [0.29, 0.717) is 16.5 Å². The Bertz CT molecular complexity index is 1390. The molecule has 0 fully saturated rings. The fourth-order valence-electron chi connectivity index (χ4n) is 3.43. The molecule has 0 aliphatic rings. The van der Waals surface area contributed by atoms with Crippen LogP contribution in [0.4, 0.5) is 0 Å². The molecule has 29 heavy (non-hydrogen) atoms. The van der Waals surface area contributed by atoms with Gasteiger partial charge in [-0.1, -0.05) is 71.9 Å². The minimum Gasteiger partial charge on any atom is -0.423 e. The van der Waals surface area contributed by atoms with Gasteiger partial charge in [-0.3, -0.25) is 5.10 Å². The summed E-state index contributed by atoms with van der Waals surface area (Å²) in [5.41, 5.74) is 3.36. The van der Waals surface area contributed by atoms with E-state index in [2.05, 4.69) is 28.2 Å². The highest BCUT2D eigenvalue weighted by Gasteiger charge is 2.12. The third-order valence-corrected chi connectivity index (χ3v) is 5.76. The number of thioether (sulfide) groups is 1. The van der Waals surface area contributed by atoms with E-state index in [9.17, 15) is 4.79 Å². The van der Waals surface area contributed by atoms with Crippen LogP contribution >= 0.6 is 11.8 Å². The predicted molar refractivity (Wildman–Crippen MR) is 116 cm³/mol. The lowest BCUT2D eigenvalue weighted by Crippen LogP contribution is -2.00. The molecule has 142 valence electrons. The van der Waals surface area contributed by atoms with Gasteiger partial charge in [0.2, 0.25) is 5.16 Å². The van der Waals surface area contributed by atoms with Gasteiger partial charge in [-0.2, -0.15) is 0 Å². The summed E-state index contributed by atoms with van der Waals surface area (Å²) in [7, 11) is 0. The standard InChI is InChI=1S/C23H17N3O2S/c1-14-6-8-16(9-7-14)22-24-23(26-25-22)29-13-17-12-20(27)28-19-11-10-15-4-2-3-5-18(15)21(17)19/h2-12H,13H2,1H3,(H,24,25,26). The second-order valence-electron chi connectivity index (χ2n) is 6.87. The molecule has 1 N–H and O–H groups in total. The van der Waals surface area contributed by atoms with E-state index in [0.717, 1.165) is 33.1 Å². The Morgan fingerprint density at radius 2 is 1.86 bits per heavy atom. The summed E-state index contributed by atoms with van der Waals surface area (Å²) < 4.78 is 5.43.